The lowest BCUT2D eigenvalue weighted by Gasteiger charge is -2.17. The minimum absolute atomic E-state index is 0.0342. The lowest BCUT2D eigenvalue weighted by Crippen LogP contribution is -2.34. The zero-order chi connectivity index (χ0) is 25.4. The van der Waals surface area contributed by atoms with Crippen LogP contribution in [-0.4, -0.2) is 45.5 Å². The molecule has 4 aromatic rings. The largest absolute Gasteiger partial charge is 0.495 e. The summed E-state index contributed by atoms with van der Waals surface area (Å²) in [6.45, 7) is 0.474. The second-order valence-corrected chi connectivity index (χ2v) is 9.24. The van der Waals surface area contributed by atoms with Gasteiger partial charge >= 0.3 is 0 Å². The highest BCUT2D eigenvalue weighted by atomic mass is 35.5. The van der Waals surface area contributed by atoms with Crippen LogP contribution in [0.3, 0.4) is 0 Å². The van der Waals surface area contributed by atoms with Crippen LogP contribution < -0.4 is 20.3 Å². The first-order valence-electron chi connectivity index (χ1n) is 11.3. The molecular weight excluding hydrogens is 503 g/mol. The summed E-state index contributed by atoms with van der Waals surface area (Å²) in [5.74, 6) is 0.819. The molecule has 0 bridgehead atoms. The number of hydrogen-bond acceptors (Lipinski definition) is 6. The third-order valence-electron chi connectivity index (χ3n) is 6.11. The van der Waals surface area contributed by atoms with Gasteiger partial charge in [0.15, 0.2) is 0 Å². The molecule has 1 amide bonds. The van der Waals surface area contributed by atoms with Crippen molar-refractivity contribution < 1.29 is 14.3 Å². The number of rotatable bonds is 6. The third-order valence-corrected chi connectivity index (χ3v) is 6.85. The van der Waals surface area contributed by atoms with Crippen LogP contribution in [0.4, 0.5) is 5.69 Å². The Morgan fingerprint density at radius 1 is 1.14 bits per heavy atom. The van der Waals surface area contributed by atoms with Gasteiger partial charge < -0.3 is 19.4 Å². The summed E-state index contributed by atoms with van der Waals surface area (Å²) in [5.41, 5.74) is 3.27. The van der Waals surface area contributed by atoms with Gasteiger partial charge in [-0.3, -0.25) is 9.48 Å². The van der Waals surface area contributed by atoms with Crippen molar-refractivity contribution in [1.82, 2.24) is 24.6 Å². The average molecular weight is 527 g/mol. The van der Waals surface area contributed by atoms with Crippen LogP contribution >= 0.6 is 23.2 Å². The number of pyridine rings is 2. The Morgan fingerprint density at radius 2 is 1.86 bits per heavy atom. The molecule has 4 heterocycles. The van der Waals surface area contributed by atoms with Crippen molar-refractivity contribution in [2.24, 2.45) is 12.0 Å². The molecule has 0 spiro atoms. The van der Waals surface area contributed by atoms with E-state index in [9.17, 15) is 4.79 Å². The molecule has 1 N–H and O–H groups in total. The predicted molar refractivity (Wildman–Crippen MR) is 138 cm³/mol. The highest BCUT2D eigenvalue weighted by molar-refractivity contribution is 6.40. The van der Waals surface area contributed by atoms with E-state index in [1.165, 1.54) is 14.2 Å². The Balaban J connectivity index is 1.75. The van der Waals surface area contributed by atoms with E-state index in [-0.39, 0.29) is 22.0 Å². The number of aromatic nitrogens is 4. The van der Waals surface area contributed by atoms with Crippen molar-refractivity contribution in [3.8, 4) is 22.8 Å². The minimum Gasteiger partial charge on any atom is -0.495 e. The van der Waals surface area contributed by atoms with Crippen molar-refractivity contribution in [3.05, 3.63) is 58.3 Å². The fourth-order valence-electron chi connectivity index (χ4n) is 4.28. The number of carbonyl (C=O) groups is 1. The highest BCUT2D eigenvalue weighted by Gasteiger charge is 2.23. The molecule has 1 aliphatic heterocycles. The maximum atomic E-state index is 11.9. The molecule has 1 aromatic carbocycles. The summed E-state index contributed by atoms with van der Waals surface area (Å²) in [6, 6.07) is 9.34. The van der Waals surface area contributed by atoms with Gasteiger partial charge in [0.2, 0.25) is 5.91 Å². The SMILES string of the molecule is COc1cc(OC)c(Cl)c(N=c2ccc3ccc(-c4cnn(C)c4)nc3n2CC2CCC(=O)N2)c1Cl. The second kappa shape index (κ2) is 9.83. The van der Waals surface area contributed by atoms with Crippen LogP contribution in [0.2, 0.25) is 10.0 Å². The second-order valence-electron chi connectivity index (χ2n) is 8.49. The lowest BCUT2D eigenvalue weighted by atomic mass is 10.2. The van der Waals surface area contributed by atoms with E-state index in [0.29, 0.717) is 41.3 Å². The topological polar surface area (TPSA) is 95.6 Å². The standard InChI is InChI=1S/C25H24Cl2N6O3/c1-32-12-15(11-28-32)17-7-4-14-5-8-20(33(25(14)30-17)13-16-6-9-21(34)29-16)31-24-22(26)18(35-2)10-19(36-3)23(24)27/h4-5,7-8,10-12,16H,6,9,13H2,1-3H3,(H,29,34). The van der Waals surface area contributed by atoms with Gasteiger partial charge in [-0.2, -0.15) is 5.10 Å². The minimum atomic E-state index is -0.0586. The van der Waals surface area contributed by atoms with E-state index in [4.69, 9.17) is 42.7 Å². The lowest BCUT2D eigenvalue weighted by molar-refractivity contribution is -0.119. The number of methoxy groups -OCH3 is 2. The van der Waals surface area contributed by atoms with E-state index in [0.717, 1.165) is 23.1 Å². The predicted octanol–water partition coefficient (Wildman–Crippen LogP) is 4.27. The van der Waals surface area contributed by atoms with Crippen LogP contribution in [-0.2, 0) is 18.4 Å². The number of nitrogens with zero attached hydrogens (tertiary/aromatic N) is 5. The molecule has 5 rings (SSSR count). The number of benzene rings is 1. The summed E-state index contributed by atoms with van der Waals surface area (Å²) in [4.78, 5) is 21.7. The molecule has 36 heavy (non-hydrogen) atoms. The molecule has 11 heteroatoms. The van der Waals surface area contributed by atoms with E-state index in [2.05, 4.69) is 10.4 Å². The molecule has 1 aliphatic rings. The monoisotopic (exact) mass is 526 g/mol. The normalized spacial score (nSPS) is 16.0. The Morgan fingerprint density at radius 3 is 2.47 bits per heavy atom. The molecular formula is C25H24Cl2N6O3. The van der Waals surface area contributed by atoms with Gasteiger partial charge in [0, 0.05) is 49.3 Å². The first-order chi connectivity index (χ1) is 17.4. The molecule has 3 aromatic heterocycles. The van der Waals surface area contributed by atoms with E-state index < -0.39 is 0 Å². The molecule has 0 saturated carbocycles. The fraction of sp³-hybridized carbons (Fsp3) is 0.280. The van der Waals surface area contributed by atoms with Crippen molar-refractivity contribution >= 4 is 45.8 Å². The van der Waals surface area contributed by atoms with E-state index in [1.807, 2.05) is 42.1 Å². The average Bonchev–Trinajstić information content (AvgIpc) is 3.50. The van der Waals surface area contributed by atoms with Gasteiger partial charge in [0.05, 0.1) is 26.1 Å². The summed E-state index contributed by atoms with van der Waals surface area (Å²) >= 11 is 13.2. The third kappa shape index (κ3) is 4.52. The van der Waals surface area contributed by atoms with Gasteiger partial charge in [-0.05, 0) is 30.7 Å². The zero-order valence-corrected chi connectivity index (χ0v) is 21.5. The van der Waals surface area contributed by atoms with Crippen molar-refractivity contribution in [1.29, 1.82) is 0 Å². The van der Waals surface area contributed by atoms with Gasteiger partial charge in [-0.25, -0.2) is 9.98 Å². The number of ether oxygens (including phenoxy) is 2. The molecule has 186 valence electrons. The van der Waals surface area contributed by atoms with Crippen LogP contribution in [0.25, 0.3) is 22.3 Å². The first kappa shape index (κ1) is 24.1. The number of aryl methyl sites for hydroxylation is 1. The first-order valence-corrected chi connectivity index (χ1v) is 12.1. The molecule has 1 fully saturated rings. The van der Waals surface area contributed by atoms with Crippen LogP contribution in [0.1, 0.15) is 12.8 Å². The van der Waals surface area contributed by atoms with Gasteiger partial charge in [-0.15, -0.1) is 0 Å². The molecule has 1 unspecified atom stereocenters. The van der Waals surface area contributed by atoms with Crippen LogP contribution in [0, 0.1) is 0 Å². The molecule has 1 saturated heterocycles. The highest BCUT2D eigenvalue weighted by Crippen LogP contribution is 2.45. The summed E-state index contributed by atoms with van der Waals surface area (Å²) in [6.07, 6.45) is 4.89. The number of hydrogen-bond donors (Lipinski definition) is 1. The number of halogens is 2. The summed E-state index contributed by atoms with van der Waals surface area (Å²) in [5, 5.41) is 8.75. The smallest absolute Gasteiger partial charge is 0.220 e. The summed E-state index contributed by atoms with van der Waals surface area (Å²) < 4.78 is 14.5. The van der Waals surface area contributed by atoms with Crippen molar-refractivity contribution in [2.75, 3.05) is 14.2 Å². The van der Waals surface area contributed by atoms with Gasteiger partial charge in [-0.1, -0.05) is 23.2 Å². The van der Waals surface area contributed by atoms with Crippen LogP contribution in [0.15, 0.2) is 47.7 Å². The number of nitrogens with one attached hydrogen (secondary N) is 1. The Labute approximate surface area is 217 Å². The Kier molecular flexibility index (Phi) is 6.59. The maximum absolute atomic E-state index is 11.9. The Bertz CT molecular complexity index is 1520. The van der Waals surface area contributed by atoms with E-state index in [1.54, 1.807) is 16.9 Å². The molecule has 0 radical (unpaired) electrons. The van der Waals surface area contributed by atoms with E-state index >= 15 is 0 Å². The maximum Gasteiger partial charge on any atom is 0.220 e. The molecule has 9 nitrogen and oxygen atoms in total. The van der Waals surface area contributed by atoms with Crippen molar-refractivity contribution in [3.63, 3.8) is 0 Å². The fourth-order valence-corrected chi connectivity index (χ4v) is 4.87. The summed E-state index contributed by atoms with van der Waals surface area (Å²) in [7, 11) is 4.89. The van der Waals surface area contributed by atoms with Gasteiger partial charge in [0.25, 0.3) is 0 Å². The van der Waals surface area contributed by atoms with Crippen molar-refractivity contribution in [2.45, 2.75) is 25.4 Å². The molecule has 0 aliphatic carbocycles. The number of amides is 1. The number of fused-ring (bicyclic) bond motifs is 1. The van der Waals surface area contributed by atoms with Gasteiger partial charge in [0.1, 0.15) is 38.4 Å². The quantitative estimate of drug-likeness (QED) is 0.404. The van der Waals surface area contributed by atoms with Crippen LogP contribution in [0.5, 0.6) is 11.5 Å². The zero-order valence-electron chi connectivity index (χ0n) is 20.0. The molecule has 1 atom stereocenters. The Hall–Kier alpha value is -3.56. The number of carbonyl (C=O) groups excluding carboxylic acids is 1.